The van der Waals surface area contributed by atoms with Gasteiger partial charge in [0.1, 0.15) is 0 Å². The maximum absolute atomic E-state index is 12.3. The number of hydrogen-bond donors (Lipinski definition) is 0. The van der Waals surface area contributed by atoms with Crippen molar-refractivity contribution in [2.24, 2.45) is 5.92 Å². The van der Waals surface area contributed by atoms with E-state index in [0.29, 0.717) is 12.3 Å². The van der Waals surface area contributed by atoms with E-state index in [9.17, 15) is 4.79 Å². The SMILES string of the molecule is O=C(Cc1cccs1)N1CCCC(Cn2ccnc2)C1. The summed E-state index contributed by atoms with van der Waals surface area (Å²) in [5.41, 5.74) is 0. The third-order valence-corrected chi connectivity index (χ3v) is 4.68. The van der Waals surface area contributed by atoms with E-state index in [1.807, 2.05) is 41.1 Å². The second-order valence-corrected chi connectivity index (χ2v) is 6.40. The molecule has 2 aromatic rings. The minimum Gasteiger partial charge on any atom is -0.342 e. The highest BCUT2D eigenvalue weighted by molar-refractivity contribution is 7.10. The summed E-state index contributed by atoms with van der Waals surface area (Å²) < 4.78 is 2.11. The van der Waals surface area contributed by atoms with Gasteiger partial charge >= 0.3 is 0 Å². The highest BCUT2D eigenvalue weighted by Gasteiger charge is 2.23. The molecule has 0 bridgehead atoms. The second kappa shape index (κ2) is 6.22. The van der Waals surface area contributed by atoms with E-state index in [1.165, 1.54) is 6.42 Å². The van der Waals surface area contributed by atoms with Crippen molar-refractivity contribution in [1.82, 2.24) is 14.5 Å². The van der Waals surface area contributed by atoms with Crippen LogP contribution in [-0.4, -0.2) is 33.4 Å². The van der Waals surface area contributed by atoms with Crippen LogP contribution < -0.4 is 0 Å². The Balaban J connectivity index is 1.56. The summed E-state index contributed by atoms with van der Waals surface area (Å²) in [6.45, 7) is 2.75. The fraction of sp³-hybridized carbons (Fsp3) is 0.467. The summed E-state index contributed by atoms with van der Waals surface area (Å²) in [5, 5.41) is 2.03. The quantitative estimate of drug-likeness (QED) is 0.867. The molecule has 0 aromatic carbocycles. The molecule has 0 N–H and O–H groups in total. The number of aromatic nitrogens is 2. The number of amides is 1. The Morgan fingerprint density at radius 2 is 2.45 bits per heavy atom. The largest absolute Gasteiger partial charge is 0.342 e. The van der Waals surface area contributed by atoms with Crippen LogP contribution in [0.5, 0.6) is 0 Å². The number of hydrogen-bond acceptors (Lipinski definition) is 3. The van der Waals surface area contributed by atoms with Crippen molar-refractivity contribution in [3.05, 3.63) is 41.1 Å². The fourth-order valence-corrected chi connectivity index (χ4v) is 3.50. The molecule has 0 radical (unpaired) electrons. The van der Waals surface area contributed by atoms with Crippen LogP contribution in [0.1, 0.15) is 17.7 Å². The molecule has 1 unspecified atom stereocenters. The molecule has 1 atom stereocenters. The standard InChI is InChI=1S/C15H19N3OS/c19-15(9-14-4-2-8-20-14)18-6-1-3-13(11-18)10-17-7-5-16-12-17/h2,4-5,7-8,12-13H,1,3,6,9-11H2. The molecule has 1 aliphatic rings. The fourth-order valence-electron chi connectivity index (χ4n) is 2.81. The summed E-state index contributed by atoms with van der Waals surface area (Å²) in [4.78, 5) is 19.6. The summed E-state index contributed by atoms with van der Waals surface area (Å²) >= 11 is 1.66. The van der Waals surface area contributed by atoms with Gasteiger partial charge in [0.25, 0.3) is 0 Å². The van der Waals surface area contributed by atoms with Crippen LogP contribution in [0.2, 0.25) is 0 Å². The van der Waals surface area contributed by atoms with E-state index in [2.05, 4.69) is 9.55 Å². The number of thiophene rings is 1. The van der Waals surface area contributed by atoms with Crippen molar-refractivity contribution >= 4 is 17.2 Å². The molecule has 106 valence electrons. The number of likely N-dealkylation sites (tertiary alicyclic amines) is 1. The highest BCUT2D eigenvalue weighted by Crippen LogP contribution is 2.20. The van der Waals surface area contributed by atoms with Crippen molar-refractivity contribution in [3.8, 4) is 0 Å². The third kappa shape index (κ3) is 3.28. The van der Waals surface area contributed by atoms with Gasteiger partial charge < -0.3 is 9.47 Å². The summed E-state index contributed by atoms with van der Waals surface area (Å²) in [6.07, 6.45) is 8.51. The maximum Gasteiger partial charge on any atom is 0.227 e. The van der Waals surface area contributed by atoms with Crippen molar-refractivity contribution in [2.45, 2.75) is 25.8 Å². The summed E-state index contributed by atoms with van der Waals surface area (Å²) in [5.74, 6) is 0.813. The van der Waals surface area contributed by atoms with Crippen molar-refractivity contribution in [3.63, 3.8) is 0 Å². The van der Waals surface area contributed by atoms with Crippen molar-refractivity contribution in [1.29, 1.82) is 0 Å². The minimum atomic E-state index is 0.266. The first-order chi connectivity index (χ1) is 9.81. The molecule has 1 fully saturated rings. The van der Waals surface area contributed by atoms with Gasteiger partial charge in [-0.3, -0.25) is 4.79 Å². The number of carbonyl (C=O) groups excluding carboxylic acids is 1. The van der Waals surface area contributed by atoms with Crippen molar-refractivity contribution < 1.29 is 4.79 Å². The van der Waals surface area contributed by atoms with Crippen LogP contribution in [0.15, 0.2) is 36.2 Å². The first-order valence-electron chi connectivity index (χ1n) is 7.07. The zero-order chi connectivity index (χ0) is 13.8. The van der Waals surface area contributed by atoms with Gasteiger partial charge in [-0.1, -0.05) is 6.07 Å². The Morgan fingerprint density at radius 1 is 1.50 bits per heavy atom. The maximum atomic E-state index is 12.3. The number of piperidine rings is 1. The average molecular weight is 289 g/mol. The molecule has 5 heteroatoms. The molecule has 20 heavy (non-hydrogen) atoms. The van der Waals surface area contributed by atoms with Gasteiger partial charge in [-0.25, -0.2) is 4.98 Å². The lowest BCUT2D eigenvalue weighted by Crippen LogP contribution is -2.41. The molecular formula is C15H19N3OS. The van der Waals surface area contributed by atoms with Crippen LogP contribution in [-0.2, 0) is 17.8 Å². The van der Waals surface area contributed by atoms with Gasteiger partial charge in [0.05, 0.1) is 12.7 Å². The van der Waals surface area contributed by atoms with Crippen molar-refractivity contribution in [2.75, 3.05) is 13.1 Å². The lowest BCUT2D eigenvalue weighted by atomic mass is 9.97. The number of nitrogens with zero attached hydrogens (tertiary/aromatic N) is 3. The molecule has 4 nitrogen and oxygen atoms in total. The van der Waals surface area contributed by atoms with E-state index in [-0.39, 0.29) is 5.91 Å². The van der Waals surface area contributed by atoms with Gasteiger partial charge in [-0.15, -0.1) is 11.3 Å². The van der Waals surface area contributed by atoms with Gasteiger partial charge in [0.2, 0.25) is 5.91 Å². The van der Waals surface area contributed by atoms with Gasteiger partial charge in [0, 0.05) is 36.9 Å². The van der Waals surface area contributed by atoms with Gasteiger partial charge in [0.15, 0.2) is 0 Å². The summed E-state index contributed by atoms with van der Waals surface area (Å²) in [6, 6.07) is 4.04. The summed E-state index contributed by atoms with van der Waals surface area (Å²) in [7, 11) is 0. The van der Waals surface area contributed by atoms with Gasteiger partial charge in [-0.05, 0) is 30.2 Å². The molecule has 0 saturated carbocycles. The van der Waals surface area contributed by atoms with Crippen LogP contribution in [0.25, 0.3) is 0 Å². The first kappa shape index (κ1) is 13.4. The van der Waals surface area contributed by atoms with Crippen LogP contribution in [0.3, 0.4) is 0 Å². The van der Waals surface area contributed by atoms with E-state index in [4.69, 9.17) is 0 Å². The Hall–Kier alpha value is -1.62. The average Bonchev–Trinajstić information content (AvgIpc) is 3.12. The Kier molecular flexibility index (Phi) is 4.16. The predicted octanol–water partition coefficient (Wildman–Crippen LogP) is 2.43. The van der Waals surface area contributed by atoms with E-state index < -0.39 is 0 Å². The second-order valence-electron chi connectivity index (χ2n) is 5.36. The first-order valence-corrected chi connectivity index (χ1v) is 7.95. The monoisotopic (exact) mass is 289 g/mol. The Bertz CT molecular complexity index is 535. The minimum absolute atomic E-state index is 0.266. The normalized spacial score (nSPS) is 19.2. The molecule has 3 heterocycles. The van der Waals surface area contributed by atoms with E-state index >= 15 is 0 Å². The zero-order valence-electron chi connectivity index (χ0n) is 11.4. The third-order valence-electron chi connectivity index (χ3n) is 3.81. The molecule has 1 saturated heterocycles. The zero-order valence-corrected chi connectivity index (χ0v) is 12.3. The van der Waals surface area contributed by atoms with Crippen LogP contribution in [0.4, 0.5) is 0 Å². The number of carbonyl (C=O) groups is 1. The predicted molar refractivity (Wildman–Crippen MR) is 79.6 cm³/mol. The van der Waals surface area contributed by atoms with E-state index in [1.54, 1.807) is 11.3 Å². The lowest BCUT2D eigenvalue weighted by Gasteiger charge is -2.33. The highest BCUT2D eigenvalue weighted by atomic mass is 32.1. The topological polar surface area (TPSA) is 38.1 Å². The Labute approximate surface area is 123 Å². The van der Waals surface area contributed by atoms with Gasteiger partial charge in [-0.2, -0.15) is 0 Å². The molecule has 3 rings (SSSR count). The molecular weight excluding hydrogens is 270 g/mol. The molecule has 2 aromatic heterocycles. The number of imidazole rings is 1. The van der Waals surface area contributed by atoms with Crippen LogP contribution in [0, 0.1) is 5.92 Å². The molecule has 1 amide bonds. The van der Waals surface area contributed by atoms with Crippen LogP contribution >= 0.6 is 11.3 Å². The lowest BCUT2D eigenvalue weighted by molar-refractivity contribution is -0.132. The van der Waals surface area contributed by atoms with E-state index in [0.717, 1.165) is 30.9 Å². The smallest absolute Gasteiger partial charge is 0.227 e. The molecule has 1 aliphatic heterocycles. The number of rotatable bonds is 4. The molecule has 0 spiro atoms. The molecule has 0 aliphatic carbocycles. The Morgan fingerprint density at radius 3 is 3.20 bits per heavy atom.